The number of ether oxygens (including phenoxy) is 2. The van der Waals surface area contributed by atoms with Crippen molar-refractivity contribution in [2.75, 3.05) is 0 Å². The van der Waals surface area contributed by atoms with E-state index in [1.54, 1.807) is 0 Å². The molecule has 0 amide bonds. The Hall–Kier alpha value is -0.760. The van der Waals surface area contributed by atoms with Gasteiger partial charge in [-0.05, 0) is 12.8 Å². The number of hydrogen-bond acceptors (Lipinski definition) is 2. The van der Waals surface area contributed by atoms with Crippen LogP contribution in [0.15, 0.2) is 25.7 Å². The molecule has 68 valence electrons. The van der Waals surface area contributed by atoms with E-state index in [9.17, 15) is 0 Å². The molecule has 1 aliphatic heterocycles. The predicted octanol–water partition coefficient (Wildman–Crippen LogP) is 2.62. The van der Waals surface area contributed by atoms with Crippen LogP contribution < -0.4 is 0 Å². The maximum absolute atomic E-state index is 5.28. The number of rotatable bonds is 2. The van der Waals surface area contributed by atoms with Gasteiger partial charge in [-0.3, -0.25) is 0 Å². The van der Waals surface area contributed by atoms with Crippen LogP contribution in [0.4, 0.5) is 0 Å². The Bertz CT molecular complexity index is 138. The molecule has 0 N–H and O–H groups in total. The molecule has 0 bridgehead atoms. The highest BCUT2D eigenvalue weighted by Crippen LogP contribution is 2.35. The Labute approximate surface area is 73.9 Å². The SMILES string of the molecule is C1CCC2OC2C1.C=COC=C. The molecule has 2 atom stereocenters. The molecule has 1 saturated heterocycles. The molecule has 2 heteroatoms. The van der Waals surface area contributed by atoms with Crippen LogP contribution in [-0.2, 0) is 9.47 Å². The van der Waals surface area contributed by atoms with Crippen molar-refractivity contribution < 1.29 is 9.47 Å². The Morgan fingerprint density at radius 1 is 1.08 bits per heavy atom. The summed E-state index contributed by atoms with van der Waals surface area (Å²) in [5.74, 6) is 0. The van der Waals surface area contributed by atoms with E-state index in [1.807, 2.05) is 0 Å². The average molecular weight is 168 g/mol. The summed E-state index contributed by atoms with van der Waals surface area (Å²) in [7, 11) is 0. The van der Waals surface area contributed by atoms with Gasteiger partial charge in [0.15, 0.2) is 0 Å². The largest absolute Gasteiger partial charge is 0.474 e. The van der Waals surface area contributed by atoms with Crippen molar-refractivity contribution >= 4 is 0 Å². The van der Waals surface area contributed by atoms with E-state index < -0.39 is 0 Å². The zero-order chi connectivity index (χ0) is 8.81. The molecule has 12 heavy (non-hydrogen) atoms. The van der Waals surface area contributed by atoms with Crippen LogP contribution in [0, 0.1) is 0 Å². The van der Waals surface area contributed by atoms with Gasteiger partial charge in [-0.15, -0.1) is 0 Å². The molecule has 2 nitrogen and oxygen atoms in total. The summed E-state index contributed by atoms with van der Waals surface area (Å²) in [4.78, 5) is 0. The van der Waals surface area contributed by atoms with Gasteiger partial charge < -0.3 is 9.47 Å². The van der Waals surface area contributed by atoms with Crippen molar-refractivity contribution in [2.24, 2.45) is 0 Å². The maximum Gasteiger partial charge on any atom is 0.0841 e. The van der Waals surface area contributed by atoms with E-state index in [2.05, 4.69) is 17.9 Å². The third kappa shape index (κ3) is 3.09. The number of epoxide rings is 1. The van der Waals surface area contributed by atoms with Crippen LogP contribution in [-0.4, -0.2) is 12.2 Å². The van der Waals surface area contributed by atoms with Gasteiger partial charge in [0.05, 0.1) is 24.7 Å². The highest BCUT2D eigenvalue weighted by molar-refractivity contribution is 4.87. The highest BCUT2D eigenvalue weighted by atomic mass is 16.6. The smallest absolute Gasteiger partial charge is 0.0841 e. The quantitative estimate of drug-likeness (QED) is 0.467. The summed E-state index contributed by atoms with van der Waals surface area (Å²) in [6.07, 6.45) is 9.51. The molecule has 2 rings (SSSR count). The van der Waals surface area contributed by atoms with Crippen molar-refractivity contribution in [3.05, 3.63) is 25.7 Å². The summed E-state index contributed by atoms with van der Waals surface area (Å²) in [6, 6.07) is 0. The Morgan fingerprint density at radius 3 is 1.83 bits per heavy atom. The molecule has 0 radical (unpaired) electrons. The van der Waals surface area contributed by atoms with Crippen LogP contribution >= 0.6 is 0 Å². The lowest BCUT2D eigenvalue weighted by Gasteiger charge is -2.00. The molecule has 1 saturated carbocycles. The van der Waals surface area contributed by atoms with E-state index in [1.165, 1.54) is 38.2 Å². The monoisotopic (exact) mass is 168 g/mol. The van der Waals surface area contributed by atoms with E-state index in [4.69, 9.17) is 4.74 Å². The molecule has 2 aliphatic rings. The second-order valence-electron chi connectivity index (χ2n) is 2.97. The predicted molar refractivity (Wildman–Crippen MR) is 48.6 cm³/mol. The van der Waals surface area contributed by atoms with E-state index in [0.717, 1.165) is 0 Å². The van der Waals surface area contributed by atoms with E-state index in [-0.39, 0.29) is 0 Å². The third-order valence-electron chi connectivity index (χ3n) is 2.11. The summed E-state index contributed by atoms with van der Waals surface area (Å²) in [5.41, 5.74) is 0. The first-order valence-corrected chi connectivity index (χ1v) is 4.41. The van der Waals surface area contributed by atoms with Crippen molar-refractivity contribution in [1.82, 2.24) is 0 Å². The fraction of sp³-hybridized carbons (Fsp3) is 0.600. The Morgan fingerprint density at radius 2 is 1.58 bits per heavy atom. The van der Waals surface area contributed by atoms with Gasteiger partial charge in [-0.1, -0.05) is 26.0 Å². The third-order valence-corrected chi connectivity index (χ3v) is 2.11. The van der Waals surface area contributed by atoms with Gasteiger partial charge in [-0.25, -0.2) is 0 Å². The second kappa shape index (κ2) is 4.99. The van der Waals surface area contributed by atoms with Gasteiger partial charge in [0, 0.05) is 0 Å². The lowest BCUT2D eigenvalue weighted by atomic mass is 10.0. The van der Waals surface area contributed by atoms with Crippen molar-refractivity contribution in [3.8, 4) is 0 Å². The van der Waals surface area contributed by atoms with E-state index >= 15 is 0 Å². The lowest BCUT2D eigenvalue weighted by Crippen LogP contribution is -2.00. The second-order valence-corrected chi connectivity index (χ2v) is 2.97. The van der Waals surface area contributed by atoms with Crippen molar-refractivity contribution in [1.29, 1.82) is 0 Å². The maximum atomic E-state index is 5.28. The molecule has 0 aromatic carbocycles. The fourth-order valence-corrected chi connectivity index (χ4v) is 1.45. The average Bonchev–Trinajstić information content (AvgIpc) is 2.85. The summed E-state index contributed by atoms with van der Waals surface area (Å²) in [5, 5.41) is 0. The molecule has 2 fully saturated rings. The van der Waals surface area contributed by atoms with Gasteiger partial charge in [0.2, 0.25) is 0 Å². The molecular weight excluding hydrogens is 152 g/mol. The normalized spacial score (nSPS) is 30.3. The minimum atomic E-state index is 0.703. The summed E-state index contributed by atoms with van der Waals surface area (Å²) >= 11 is 0. The topological polar surface area (TPSA) is 21.8 Å². The van der Waals surface area contributed by atoms with E-state index in [0.29, 0.717) is 12.2 Å². The minimum absolute atomic E-state index is 0.703. The first-order chi connectivity index (χ1) is 5.88. The highest BCUT2D eigenvalue weighted by Gasteiger charge is 2.39. The Balaban J connectivity index is 0.000000130. The van der Waals surface area contributed by atoms with Crippen LogP contribution in [0.5, 0.6) is 0 Å². The van der Waals surface area contributed by atoms with Gasteiger partial charge in [0.1, 0.15) is 0 Å². The van der Waals surface area contributed by atoms with Gasteiger partial charge in [-0.2, -0.15) is 0 Å². The summed E-state index contributed by atoms with van der Waals surface area (Å²) < 4.78 is 9.64. The first kappa shape index (κ1) is 9.33. The zero-order valence-electron chi connectivity index (χ0n) is 7.37. The standard InChI is InChI=1S/C6H10O.C4H6O/c1-2-4-6-5(3-1)7-6;1-3-5-4-2/h5-6H,1-4H2;3-4H,1-2H2. The zero-order valence-corrected chi connectivity index (χ0v) is 7.37. The first-order valence-electron chi connectivity index (χ1n) is 4.41. The molecule has 1 aliphatic carbocycles. The van der Waals surface area contributed by atoms with Gasteiger partial charge >= 0.3 is 0 Å². The van der Waals surface area contributed by atoms with Gasteiger partial charge in [0.25, 0.3) is 0 Å². The molecule has 0 aromatic rings. The fourth-order valence-electron chi connectivity index (χ4n) is 1.45. The van der Waals surface area contributed by atoms with Crippen LogP contribution in [0.1, 0.15) is 25.7 Å². The minimum Gasteiger partial charge on any atom is -0.474 e. The molecule has 0 spiro atoms. The number of fused-ring (bicyclic) bond motifs is 1. The summed E-state index contributed by atoms with van der Waals surface area (Å²) in [6.45, 7) is 6.51. The molecule has 2 unspecified atom stereocenters. The molecule has 1 heterocycles. The number of hydrogen-bond donors (Lipinski definition) is 0. The molecular formula is C10H16O2. The van der Waals surface area contributed by atoms with Crippen LogP contribution in [0.3, 0.4) is 0 Å². The van der Waals surface area contributed by atoms with Crippen molar-refractivity contribution in [2.45, 2.75) is 37.9 Å². The molecule has 0 aromatic heterocycles. The Kier molecular flexibility index (Phi) is 3.88. The van der Waals surface area contributed by atoms with Crippen molar-refractivity contribution in [3.63, 3.8) is 0 Å². The lowest BCUT2D eigenvalue weighted by molar-refractivity contribution is 0.373. The van der Waals surface area contributed by atoms with Crippen LogP contribution in [0.2, 0.25) is 0 Å². The van der Waals surface area contributed by atoms with Crippen LogP contribution in [0.25, 0.3) is 0 Å².